The Morgan fingerprint density at radius 1 is 1.27 bits per heavy atom. The van der Waals surface area contributed by atoms with Crippen molar-refractivity contribution in [3.8, 4) is 0 Å². The Kier molecular flexibility index (Phi) is 3.69. The summed E-state index contributed by atoms with van der Waals surface area (Å²) in [5.41, 5.74) is 0.640. The minimum atomic E-state index is -0.0878. The molecule has 26 heavy (non-hydrogen) atoms. The number of carbonyl (C=O) groups is 1. The molecule has 3 aliphatic rings. The van der Waals surface area contributed by atoms with Crippen LogP contribution in [0, 0.1) is 11.8 Å². The zero-order chi connectivity index (χ0) is 17.7. The van der Waals surface area contributed by atoms with Gasteiger partial charge in [0, 0.05) is 38.2 Å². The highest BCUT2D eigenvalue weighted by Gasteiger charge is 2.45. The molecule has 0 aromatic carbocycles. The molecule has 136 valence electrons. The fourth-order valence-corrected chi connectivity index (χ4v) is 4.23. The lowest BCUT2D eigenvalue weighted by Crippen LogP contribution is -2.27. The van der Waals surface area contributed by atoms with E-state index in [1.807, 2.05) is 12.1 Å². The molecular weight excluding hydrogens is 328 g/mol. The van der Waals surface area contributed by atoms with Crippen molar-refractivity contribution in [2.45, 2.75) is 37.5 Å². The van der Waals surface area contributed by atoms with Crippen LogP contribution in [0.2, 0.25) is 0 Å². The molecule has 2 N–H and O–H groups in total. The number of aromatic nitrogens is 4. The van der Waals surface area contributed by atoms with Gasteiger partial charge >= 0.3 is 0 Å². The van der Waals surface area contributed by atoms with Gasteiger partial charge in [0.05, 0.1) is 5.56 Å². The number of hydrogen-bond donors (Lipinski definition) is 2. The molecule has 2 saturated carbocycles. The molecule has 7 nitrogen and oxygen atoms in total. The summed E-state index contributed by atoms with van der Waals surface area (Å²) in [6, 6.07) is 3.67. The van der Waals surface area contributed by atoms with Crippen LogP contribution in [0.3, 0.4) is 0 Å². The Balaban J connectivity index is 1.44. The molecular formula is C19H24N6O. The number of carbonyl (C=O) groups excluding carboxylic acids is 1. The lowest BCUT2D eigenvalue weighted by atomic mass is 9.91. The maximum atomic E-state index is 12.2. The van der Waals surface area contributed by atoms with Crippen LogP contribution in [0.5, 0.6) is 0 Å². The van der Waals surface area contributed by atoms with Crippen LogP contribution < -0.4 is 10.2 Å². The number of nitrogens with zero attached hydrogens (tertiary/aromatic N) is 4. The van der Waals surface area contributed by atoms with Crippen molar-refractivity contribution in [3.05, 3.63) is 35.5 Å². The molecule has 2 aromatic heterocycles. The van der Waals surface area contributed by atoms with E-state index in [9.17, 15) is 4.79 Å². The van der Waals surface area contributed by atoms with Crippen molar-refractivity contribution in [2.75, 3.05) is 25.0 Å². The third-order valence-electron chi connectivity index (χ3n) is 5.96. The first-order valence-corrected chi connectivity index (χ1v) is 9.59. The molecule has 2 aromatic rings. The third kappa shape index (κ3) is 2.75. The van der Waals surface area contributed by atoms with E-state index in [1.165, 1.54) is 25.7 Å². The Morgan fingerprint density at radius 2 is 2.12 bits per heavy atom. The van der Waals surface area contributed by atoms with Crippen molar-refractivity contribution >= 4 is 11.7 Å². The average molecular weight is 352 g/mol. The first-order valence-electron chi connectivity index (χ1n) is 9.59. The SMILES string of the molecule is CNC(=O)c1cccnc1N1C[C@H](c2nc(C3CC3)n[nH]2)[C@@H](C2CC2)C1. The zero-order valence-corrected chi connectivity index (χ0v) is 15.0. The van der Waals surface area contributed by atoms with Crippen LogP contribution in [0.25, 0.3) is 0 Å². The largest absolute Gasteiger partial charge is 0.355 e. The molecule has 1 saturated heterocycles. The average Bonchev–Trinajstić information content (AvgIpc) is 3.61. The van der Waals surface area contributed by atoms with E-state index in [1.54, 1.807) is 13.2 Å². The molecule has 3 heterocycles. The van der Waals surface area contributed by atoms with Crippen molar-refractivity contribution in [2.24, 2.45) is 11.8 Å². The summed E-state index contributed by atoms with van der Waals surface area (Å²) >= 11 is 0. The van der Waals surface area contributed by atoms with Gasteiger partial charge in [-0.15, -0.1) is 0 Å². The highest BCUT2D eigenvalue weighted by atomic mass is 16.1. The summed E-state index contributed by atoms with van der Waals surface area (Å²) in [5, 5.41) is 10.4. The van der Waals surface area contributed by atoms with Crippen LogP contribution in [-0.4, -0.2) is 46.2 Å². The third-order valence-corrected chi connectivity index (χ3v) is 5.96. The van der Waals surface area contributed by atoms with Gasteiger partial charge in [0.25, 0.3) is 5.91 Å². The number of amides is 1. The maximum absolute atomic E-state index is 12.2. The number of pyridine rings is 1. The zero-order valence-electron chi connectivity index (χ0n) is 15.0. The van der Waals surface area contributed by atoms with Crippen LogP contribution in [0.1, 0.15) is 59.5 Å². The highest BCUT2D eigenvalue weighted by Crippen LogP contribution is 2.48. The van der Waals surface area contributed by atoms with Gasteiger partial charge in [-0.1, -0.05) is 0 Å². The van der Waals surface area contributed by atoms with Gasteiger partial charge in [0.1, 0.15) is 11.6 Å². The van der Waals surface area contributed by atoms with E-state index in [-0.39, 0.29) is 5.91 Å². The number of aromatic amines is 1. The Bertz CT molecular complexity index is 825. The van der Waals surface area contributed by atoms with E-state index in [4.69, 9.17) is 4.98 Å². The summed E-state index contributed by atoms with van der Waals surface area (Å²) in [4.78, 5) is 23.9. The lowest BCUT2D eigenvalue weighted by Gasteiger charge is -2.20. The van der Waals surface area contributed by atoms with Crippen molar-refractivity contribution in [1.82, 2.24) is 25.5 Å². The normalized spacial score (nSPS) is 25.5. The standard InChI is InChI=1S/C19H24N6O/c1-20-19(26)13-3-2-8-21-18(13)25-9-14(11-4-5-11)15(10-25)17-22-16(23-24-17)12-6-7-12/h2-3,8,11-12,14-15H,4-7,9-10H2,1H3,(H,20,26)(H,22,23,24)/t14-,15+/m1/s1. The molecule has 5 rings (SSSR count). The van der Waals surface area contributed by atoms with Gasteiger partial charge in [-0.05, 0) is 49.7 Å². The van der Waals surface area contributed by atoms with E-state index in [0.29, 0.717) is 23.3 Å². The number of anilines is 1. The molecule has 1 amide bonds. The molecule has 0 radical (unpaired) electrons. The molecule has 0 unspecified atom stereocenters. The number of rotatable bonds is 5. The Labute approximate surface area is 152 Å². The van der Waals surface area contributed by atoms with Crippen molar-refractivity contribution in [3.63, 3.8) is 0 Å². The monoisotopic (exact) mass is 352 g/mol. The van der Waals surface area contributed by atoms with E-state index >= 15 is 0 Å². The summed E-state index contributed by atoms with van der Waals surface area (Å²) in [5.74, 6) is 4.90. The van der Waals surface area contributed by atoms with E-state index < -0.39 is 0 Å². The van der Waals surface area contributed by atoms with Crippen molar-refractivity contribution < 1.29 is 4.79 Å². The number of nitrogens with one attached hydrogen (secondary N) is 2. The molecule has 7 heteroatoms. The predicted molar refractivity (Wildman–Crippen MR) is 97.2 cm³/mol. The van der Waals surface area contributed by atoms with E-state index in [0.717, 1.165) is 36.5 Å². The topological polar surface area (TPSA) is 86.8 Å². The van der Waals surface area contributed by atoms with Crippen LogP contribution in [-0.2, 0) is 0 Å². The second-order valence-electron chi connectivity index (χ2n) is 7.82. The van der Waals surface area contributed by atoms with Crippen molar-refractivity contribution in [1.29, 1.82) is 0 Å². The first-order chi connectivity index (χ1) is 12.7. The molecule has 2 atom stereocenters. The second kappa shape index (κ2) is 6.07. The summed E-state index contributed by atoms with van der Waals surface area (Å²) in [7, 11) is 1.66. The molecule has 0 bridgehead atoms. The van der Waals surface area contributed by atoms with Gasteiger partial charge in [-0.3, -0.25) is 9.89 Å². The molecule has 0 spiro atoms. The Morgan fingerprint density at radius 3 is 2.85 bits per heavy atom. The minimum Gasteiger partial charge on any atom is -0.355 e. The maximum Gasteiger partial charge on any atom is 0.254 e. The fourth-order valence-electron chi connectivity index (χ4n) is 4.23. The van der Waals surface area contributed by atoms with Gasteiger partial charge < -0.3 is 10.2 Å². The highest BCUT2D eigenvalue weighted by molar-refractivity contribution is 5.98. The van der Waals surface area contributed by atoms with Crippen LogP contribution in [0.4, 0.5) is 5.82 Å². The van der Waals surface area contributed by atoms with Crippen LogP contribution in [0.15, 0.2) is 18.3 Å². The predicted octanol–water partition coefficient (Wildman–Crippen LogP) is 2.07. The minimum absolute atomic E-state index is 0.0878. The number of hydrogen-bond acceptors (Lipinski definition) is 5. The van der Waals surface area contributed by atoms with E-state index in [2.05, 4.69) is 25.4 Å². The summed E-state index contributed by atoms with van der Waals surface area (Å²) < 4.78 is 0. The quantitative estimate of drug-likeness (QED) is 0.860. The second-order valence-corrected chi connectivity index (χ2v) is 7.82. The van der Waals surface area contributed by atoms with Crippen LogP contribution >= 0.6 is 0 Å². The van der Waals surface area contributed by atoms with Gasteiger partial charge in [0.2, 0.25) is 0 Å². The Hall–Kier alpha value is -2.44. The molecule has 3 fully saturated rings. The fraction of sp³-hybridized carbons (Fsp3) is 0.579. The molecule has 2 aliphatic carbocycles. The summed E-state index contributed by atoms with van der Waals surface area (Å²) in [6.45, 7) is 1.76. The van der Waals surface area contributed by atoms with Gasteiger partial charge in [-0.2, -0.15) is 5.10 Å². The van der Waals surface area contributed by atoms with Gasteiger partial charge in [-0.25, -0.2) is 9.97 Å². The smallest absolute Gasteiger partial charge is 0.254 e. The van der Waals surface area contributed by atoms with Gasteiger partial charge in [0.15, 0.2) is 5.82 Å². The summed E-state index contributed by atoms with van der Waals surface area (Å²) in [6.07, 6.45) is 6.78. The lowest BCUT2D eigenvalue weighted by molar-refractivity contribution is 0.0963. The first kappa shape index (κ1) is 15.8. The molecule has 1 aliphatic heterocycles. The number of H-pyrrole nitrogens is 1.